The van der Waals surface area contributed by atoms with E-state index < -0.39 is 0 Å². The smallest absolute Gasteiger partial charge is 0.246 e. The van der Waals surface area contributed by atoms with Crippen LogP contribution in [0.3, 0.4) is 0 Å². The van der Waals surface area contributed by atoms with Gasteiger partial charge < -0.3 is 15.1 Å². The summed E-state index contributed by atoms with van der Waals surface area (Å²) in [7, 11) is 1.86. The Morgan fingerprint density at radius 3 is 2.79 bits per heavy atom. The van der Waals surface area contributed by atoms with Crippen LogP contribution >= 0.6 is 0 Å². The summed E-state index contributed by atoms with van der Waals surface area (Å²) in [6, 6.07) is 0. The highest BCUT2D eigenvalue weighted by molar-refractivity contribution is 5.98. The molecule has 1 amide bonds. The van der Waals surface area contributed by atoms with E-state index in [1.807, 2.05) is 18.1 Å². The molecule has 1 aromatic heterocycles. The summed E-state index contributed by atoms with van der Waals surface area (Å²) in [6.45, 7) is 5.58. The number of aromatic nitrogens is 2. The zero-order chi connectivity index (χ0) is 16.9. The van der Waals surface area contributed by atoms with Gasteiger partial charge in [-0.3, -0.25) is 14.5 Å². The molecular formula is C17H28N6O. The third kappa shape index (κ3) is 3.88. The summed E-state index contributed by atoms with van der Waals surface area (Å²) in [5, 5.41) is 7.50. The van der Waals surface area contributed by atoms with Crippen LogP contribution in [0.1, 0.15) is 32.6 Å². The number of piperazine rings is 1. The van der Waals surface area contributed by atoms with Crippen molar-refractivity contribution in [3.05, 3.63) is 12.4 Å². The van der Waals surface area contributed by atoms with E-state index in [2.05, 4.69) is 22.2 Å². The van der Waals surface area contributed by atoms with Gasteiger partial charge in [-0.25, -0.2) is 0 Å². The van der Waals surface area contributed by atoms with Crippen LogP contribution in [-0.2, 0) is 11.8 Å². The number of carbonyl (C=O) groups excluding carboxylic acids is 1. The van der Waals surface area contributed by atoms with Gasteiger partial charge in [-0.2, -0.15) is 5.10 Å². The van der Waals surface area contributed by atoms with Gasteiger partial charge in [0.15, 0.2) is 5.96 Å². The van der Waals surface area contributed by atoms with E-state index in [0.717, 1.165) is 31.3 Å². The van der Waals surface area contributed by atoms with Gasteiger partial charge in [0.25, 0.3) is 0 Å². The number of rotatable bonds is 4. The molecule has 0 atom stereocenters. The highest BCUT2D eigenvalue weighted by Crippen LogP contribution is 2.24. The van der Waals surface area contributed by atoms with E-state index in [0.29, 0.717) is 19.0 Å². The minimum absolute atomic E-state index is 0.0979. The van der Waals surface area contributed by atoms with Gasteiger partial charge in [0.1, 0.15) is 6.54 Å². The van der Waals surface area contributed by atoms with Gasteiger partial charge in [-0.1, -0.05) is 12.8 Å². The number of hydrogen-bond donors (Lipinski definition) is 1. The maximum atomic E-state index is 12.5. The molecule has 3 rings (SSSR count). The van der Waals surface area contributed by atoms with Gasteiger partial charge in [0.2, 0.25) is 5.91 Å². The molecule has 1 aromatic rings. The van der Waals surface area contributed by atoms with Crippen LogP contribution in [-0.4, -0.2) is 59.3 Å². The Kier molecular flexibility index (Phi) is 5.37. The third-order valence-electron chi connectivity index (χ3n) is 4.83. The van der Waals surface area contributed by atoms with Crippen molar-refractivity contribution in [2.45, 2.75) is 32.6 Å². The highest BCUT2D eigenvalue weighted by Gasteiger charge is 2.27. The van der Waals surface area contributed by atoms with Crippen molar-refractivity contribution in [3.8, 4) is 0 Å². The maximum absolute atomic E-state index is 12.5. The van der Waals surface area contributed by atoms with E-state index in [4.69, 9.17) is 4.99 Å². The lowest BCUT2D eigenvalue weighted by atomic mass is 10.1. The quantitative estimate of drug-likeness (QED) is 0.665. The van der Waals surface area contributed by atoms with E-state index >= 15 is 0 Å². The molecule has 0 spiro atoms. The van der Waals surface area contributed by atoms with Gasteiger partial charge in [0.05, 0.1) is 11.9 Å². The fraction of sp³-hybridized carbons (Fsp3) is 0.706. The molecule has 24 heavy (non-hydrogen) atoms. The average molecular weight is 332 g/mol. The molecule has 2 heterocycles. The Labute approximate surface area is 143 Å². The van der Waals surface area contributed by atoms with Crippen molar-refractivity contribution in [2.75, 3.05) is 37.6 Å². The number of aliphatic imine (C=N–C) groups is 1. The molecule has 7 heteroatoms. The van der Waals surface area contributed by atoms with Crippen LogP contribution in [0.15, 0.2) is 17.4 Å². The zero-order valence-electron chi connectivity index (χ0n) is 14.7. The van der Waals surface area contributed by atoms with Crippen LogP contribution in [0.4, 0.5) is 5.69 Å². The largest absolute Gasteiger partial charge is 0.357 e. The summed E-state index contributed by atoms with van der Waals surface area (Å²) in [6.07, 6.45) is 8.87. The lowest BCUT2D eigenvalue weighted by Gasteiger charge is -2.35. The molecule has 1 aliphatic heterocycles. The molecule has 0 radical (unpaired) electrons. The lowest BCUT2D eigenvalue weighted by molar-refractivity contribution is -0.120. The third-order valence-corrected chi connectivity index (χ3v) is 4.83. The number of nitrogens with one attached hydrogen (secondary N) is 1. The van der Waals surface area contributed by atoms with Crippen molar-refractivity contribution < 1.29 is 4.79 Å². The molecule has 2 fully saturated rings. The summed E-state index contributed by atoms with van der Waals surface area (Å²) in [5.41, 5.74) is 0.870. The van der Waals surface area contributed by atoms with Crippen molar-refractivity contribution in [1.29, 1.82) is 0 Å². The first kappa shape index (κ1) is 16.8. The second-order valence-corrected chi connectivity index (χ2v) is 6.68. The Balaban J connectivity index is 1.62. The van der Waals surface area contributed by atoms with Gasteiger partial charge in [-0.05, 0) is 25.7 Å². The predicted molar refractivity (Wildman–Crippen MR) is 95.1 cm³/mol. The Morgan fingerprint density at radius 2 is 2.17 bits per heavy atom. The van der Waals surface area contributed by atoms with Gasteiger partial charge in [-0.15, -0.1) is 0 Å². The average Bonchev–Trinajstić information content (AvgIpc) is 3.23. The number of guanidine groups is 1. The van der Waals surface area contributed by atoms with Crippen LogP contribution in [0.2, 0.25) is 0 Å². The molecular weight excluding hydrogens is 304 g/mol. The summed E-state index contributed by atoms with van der Waals surface area (Å²) < 4.78 is 1.72. The van der Waals surface area contributed by atoms with E-state index in [-0.39, 0.29) is 5.91 Å². The van der Waals surface area contributed by atoms with Crippen molar-refractivity contribution in [3.63, 3.8) is 0 Å². The maximum Gasteiger partial charge on any atom is 0.246 e. The van der Waals surface area contributed by atoms with Crippen molar-refractivity contribution in [2.24, 2.45) is 18.0 Å². The fourth-order valence-corrected chi connectivity index (χ4v) is 3.51. The van der Waals surface area contributed by atoms with Crippen LogP contribution in [0.25, 0.3) is 0 Å². The highest BCUT2D eigenvalue weighted by atomic mass is 16.2. The van der Waals surface area contributed by atoms with Gasteiger partial charge in [0, 0.05) is 39.4 Å². The van der Waals surface area contributed by atoms with E-state index in [1.54, 1.807) is 10.9 Å². The number of amides is 1. The first-order chi connectivity index (χ1) is 11.7. The number of nitrogens with zero attached hydrogens (tertiary/aromatic N) is 5. The molecule has 2 aliphatic rings. The minimum Gasteiger partial charge on any atom is -0.357 e. The number of anilines is 1. The summed E-state index contributed by atoms with van der Waals surface area (Å²) >= 11 is 0. The Bertz CT molecular complexity index is 590. The molecule has 1 saturated heterocycles. The standard InChI is InChI=1S/C17H28N6O/c1-3-18-17(19-10-14-6-4-5-7-14)22-8-9-23(16(24)13-22)15-11-20-21(2)12-15/h11-12,14H,3-10,13H2,1-2H3,(H,18,19). The second-order valence-electron chi connectivity index (χ2n) is 6.68. The summed E-state index contributed by atoms with van der Waals surface area (Å²) in [5.74, 6) is 1.69. The molecule has 0 unspecified atom stereocenters. The van der Waals surface area contributed by atoms with Crippen molar-refractivity contribution in [1.82, 2.24) is 20.0 Å². The molecule has 1 saturated carbocycles. The lowest BCUT2D eigenvalue weighted by Crippen LogP contribution is -2.55. The molecule has 0 bridgehead atoms. The van der Waals surface area contributed by atoms with Crippen LogP contribution in [0, 0.1) is 5.92 Å². The first-order valence-electron chi connectivity index (χ1n) is 8.99. The predicted octanol–water partition coefficient (Wildman–Crippen LogP) is 1.22. The van der Waals surface area contributed by atoms with E-state index in [9.17, 15) is 4.79 Å². The molecule has 1 aliphatic carbocycles. The number of carbonyl (C=O) groups is 1. The topological polar surface area (TPSA) is 65.8 Å². The fourth-order valence-electron chi connectivity index (χ4n) is 3.51. The van der Waals surface area contributed by atoms with Gasteiger partial charge >= 0.3 is 0 Å². The SMILES string of the molecule is CCNC(=NCC1CCCC1)N1CCN(c2cnn(C)c2)C(=O)C1. The number of hydrogen-bond acceptors (Lipinski definition) is 3. The first-order valence-corrected chi connectivity index (χ1v) is 8.99. The zero-order valence-corrected chi connectivity index (χ0v) is 14.7. The normalized spacial score (nSPS) is 20.1. The van der Waals surface area contributed by atoms with Crippen LogP contribution < -0.4 is 10.2 Å². The molecule has 1 N–H and O–H groups in total. The monoisotopic (exact) mass is 332 g/mol. The number of aryl methyl sites for hydroxylation is 1. The Hall–Kier alpha value is -2.05. The second kappa shape index (κ2) is 7.68. The van der Waals surface area contributed by atoms with E-state index in [1.165, 1.54) is 25.7 Å². The van der Waals surface area contributed by atoms with Crippen LogP contribution in [0.5, 0.6) is 0 Å². The molecule has 0 aromatic carbocycles. The Morgan fingerprint density at radius 1 is 1.38 bits per heavy atom. The summed E-state index contributed by atoms with van der Waals surface area (Å²) in [4.78, 5) is 21.2. The van der Waals surface area contributed by atoms with Crippen molar-refractivity contribution >= 4 is 17.6 Å². The molecule has 132 valence electrons. The molecule has 7 nitrogen and oxygen atoms in total. The minimum atomic E-state index is 0.0979.